The van der Waals surface area contributed by atoms with Gasteiger partial charge in [-0.25, -0.2) is 4.98 Å². The van der Waals surface area contributed by atoms with Crippen LogP contribution in [0, 0.1) is 19.8 Å². The normalized spacial score (nSPS) is 15.1. The van der Waals surface area contributed by atoms with Gasteiger partial charge in [-0.3, -0.25) is 0 Å². The van der Waals surface area contributed by atoms with Crippen molar-refractivity contribution in [2.45, 2.75) is 53.5 Å². The summed E-state index contributed by atoms with van der Waals surface area (Å²) in [5, 5.41) is 4.78. The fourth-order valence-electron chi connectivity index (χ4n) is 1.77. The maximum atomic E-state index is 4.45. The molecule has 0 saturated carbocycles. The van der Waals surface area contributed by atoms with E-state index in [0.717, 1.165) is 18.9 Å². The molecule has 1 aromatic heterocycles. The summed E-state index contributed by atoms with van der Waals surface area (Å²) in [4.78, 5) is 5.88. The van der Waals surface area contributed by atoms with Crippen LogP contribution >= 0.6 is 11.3 Å². The molecule has 0 saturated heterocycles. The van der Waals surface area contributed by atoms with Crippen LogP contribution in [0.25, 0.3) is 0 Å². The van der Waals surface area contributed by atoms with Crippen LogP contribution in [0.2, 0.25) is 0 Å². The zero-order chi connectivity index (χ0) is 12.1. The molecule has 0 fully saturated rings. The molecule has 2 unspecified atom stereocenters. The molecule has 1 aromatic rings. The third-order valence-corrected chi connectivity index (χ3v) is 4.45. The van der Waals surface area contributed by atoms with E-state index in [1.807, 2.05) is 11.3 Å². The zero-order valence-electron chi connectivity index (χ0n) is 11.1. The van der Waals surface area contributed by atoms with Gasteiger partial charge in [0.1, 0.15) is 0 Å². The molecule has 0 bridgehead atoms. The van der Waals surface area contributed by atoms with Gasteiger partial charge in [0, 0.05) is 17.5 Å². The summed E-state index contributed by atoms with van der Waals surface area (Å²) in [5.41, 5.74) is 1.21. The van der Waals surface area contributed by atoms with Gasteiger partial charge in [-0.05, 0) is 33.1 Å². The molecule has 1 N–H and O–H groups in total. The number of hydrogen-bond donors (Lipinski definition) is 1. The van der Waals surface area contributed by atoms with Crippen molar-refractivity contribution in [2.75, 3.05) is 6.54 Å². The second-order valence-corrected chi connectivity index (χ2v) is 5.91. The molecule has 0 aliphatic heterocycles. The van der Waals surface area contributed by atoms with Gasteiger partial charge in [0.15, 0.2) is 0 Å². The highest BCUT2D eigenvalue weighted by Gasteiger charge is 2.10. The Morgan fingerprint density at radius 1 is 1.31 bits per heavy atom. The number of aryl methyl sites for hydroxylation is 2. The van der Waals surface area contributed by atoms with Crippen LogP contribution in [0.4, 0.5) is 0 Å². The van der Waals surface area contributed by atoms with E-state index in [9.17, 15) is 0 Å². The van der Waals surface area contributed by atoms with Gasteiger partial charge >= 0.3 is 0 Å². The van der Waals surface area contributed by atoms with Gasteiger partial charge in [-0.1, -0.05) is 20.3 Å². The first-order chi connectivity index (χ1) is 7.54. The standard InChI is InChI=1S/C13H24N2S/c1-6-9(2)10(3)14-8-7-13-11(4)15-12(5)16-13/h9-10,14H,6-8H2,1-5H3. The Hall–Kier alpha value is -0.410. The van der Waals surface area contributed by atoms with E-state index in [0.29, 0.717) is 6.04 Å². The van der Waals surface area contributed by atoms with Gasteiger partial charge in [-0.15, -0.1) is 11.3 Å². The Labute approximate surface area is 103 Å². The monoisotopic (exact) mass is 240 g/mol. The minimum absolute atomic E-state index is 0.610. The molecular formula is C13H24N2S. The summed E-state index contributed by atoms with van der Waals surface area (Å²) in [6, 6.07) is 0.610. The lowest BCUT2D eigenvalue weighted by Crippen LogP contribution is -2.33. The van der Waals surface area contributed by atoms with Gasteiger partial charge < -0.3 is 5.32 Å². The Kier molecular flexibility index (Phi) is 5.42. The van der Waals surface area contributed by atoms with E-state index in [2.05, 4.69) is 44.9 Å². The van der Waals surface area contributed by atoms with E-state index in [1.165, 1.54) is 22.0 Å². The Bertz CT molecular complexity index is 320. The zero-order valence-corrected chi connectivity index (χ0v) is 11.9. The molecule has 2 nitrogen and oxygen atoms in total. The van der Waals surface area contributed by atoms with Gasteiger partial charge in [0.2, 0.25) is 0 Å². The number of rotatable bonds is 6. The number of nitrogens with zero attached hydrogens (tertiary/aromatic N) is 1. The fraction of sp³-hybridized carbons (Fsp3) is 0.769. The number of hydrogen-bond acceptors (Lipinski definition) is 3. The average molecular weight is 240 g/mol. The maximum Gasteiger partial charge on any atom is 0.0900 e. The predicted octanol–water partition coefficient (Wildman–Crippen LogP) is 3.33. The van der Waals surface area contributed by atoms with Crippen LogP contribution in [0.3, 0.4) is 0 Å². The van der Waals surface area contributed by atoms with Crippen LogP contribution < -0.4 is 5.32 Å². The minimum Gasteiger partial charge on any atom is -0.314 e. The molecule has 1 rings (SSSR count). The van der Waals surface area contributed by atoms with Crippen LogP contribution in [0.5, 0.6) is 0 Å². The molecule has 0 amide bonds. The number of nitrogens with one attached hydrogen (secondary N) is 1. The first-order valence-electron chi connectivity index (χ1n) is 6.20. The van der Waals surface area contributed by atoms with Crippen molar-refractivity contribution < 1.29 is 0 Å². The Morgan fingerprint density at radius 3 is 2.50 bits per heavy atom. The van der Waals surface area contributed by atoms with Crippen molar-refractivity contribution in [1.29, 1.82) is 0 Å². The average Bonchev–Trinajstić information content (AvgIpc) is 2.56. The molecule has 0 aliphatic rings. The molecule has 1 heterocycles. The Morgan fingerprint density at radius 2 is 2.00 bits per heavy atom. The molecule has 2 atom stereocenters. The van der Waals surface area contributed by atoms with E-state index >= 15 is 0 Å². The lowest BCUT2D eigenvalue weighted by atomic mass is 10.0. The predicted molar refractivity (Wildman–Crippen MR) is 72.2 cm³/mol. The quantitative estimate of drug-likeness (QED) is 0.825. The topological polar surface area (TPSA) is 24.9 Å². The van der Waals surface area contributed by atoms with E-state index in [4.69, 9.17) is 0 Å². The molecule has 0 aliphatic carbocycles. The third kappa shape index (κ3) is 3.87. The second kappa shape index (κ2) is 6.36. The second-order valence-electron chi connectivity index (χ2n) is 4.62. The highest BCUT2D eigenvalue weighted by Crippen LogP contribution is 2.17. The lowest BCUT2D eigenvalue weighted by molar-refractivity contribution is 0.393. The number of aromatic nitrogens is 1. The third-order valence-electron chi connectivity index (χ3n) is 3.32. The van der Waals surface area contributed by atoms with Crippen LogP contribution in [-0.4, -0.2) is 17.6 Å². The van der Waals surface area contributed by atoms with Gasteiger partial charge in [-0.2, -0.15) is 0 Å². The molecule has 16 heavy (non-hydrogen) atoms. The van der Waals surface area contributed by atoms with Crippen LogP contribution in [-0.2, 0) is 6.42 Å². The summed E-state index contributed by atoms with van der Waals surface area (Å²) < 4.78 is 0. The van der Waals surface area contributed by atoms with Crippen molar-refractivity contribution in [1.82, 2.24) is 10.3 Å². The van der Waals surface area contributed by atoms with Crippen molar-refractivity contribution >= 4 is 11.3 Å². The van der Waals surface area contributed by atoms with E-state index < -0.39 is 0 Å². The number of thiazole rings is 1. The first-order valence-corrected chi connectivity index (χ1v) is 7.02. The van der Waals surface area contributed by atoms with Gasteiger partial charge in [0.05, 0.1) is 10.7 Å². The highest BCUT2D eigenvalue weighted by atomic mass is 32.1. The van der Waals surface area contributed by atoms with Crippen molar-refractivity contribution in [3.8, 4) is 0 Å². The van der Waals surface area contributed by atoms with Crippen molar-refractivity contribution in [3.05, 3.63) is 15.6 Å². The molecule has 3 heteroatoms. The van der Waals surface area contributed by atoms with Crippen LogP contribution in [0.15, 0.2) is 0 Å². The molecule has 92 valence electrons. The molecule has 0 aromatic carbocycles. The summed E-state index contributed by atoms with van der Waals surface area (Å²) in [7, 11) is 0. The fourth-order valence-corrected chi connectivity index (χ4v) is 2.71. The maximum absolute atomic E-state index is 4.45. The van der Waals surface area contributed by atoms with Crippen molar-refractivity contribution in [2.24, 2.45) is 5.92 Å². The summed E-state index contributed by atoms with van der Waals surface area (Å²) in [6.07, 6.45) is 2.35. The first kappa shape index (κ1) is 13.7. The van der Waals surface area contributed by atoms with E-state index in [-0.39, 0.29) is 0 Å². The summed E-state index contributed by atoms with van der Waals surface area (Å²) in [6.45, 7) is 12.1. The van der Waals surface area contributed by atoms with Gasteiger partial charge in [0.25, 0.3) is 0 Å². The highest BCUT2D eigenvalue weighted by molar-refractivity contribution is 7.11. The molecule has 0 spiro atoms. The molecule has 0 radical (unpaired) electrons. The van der Waals surface area contributed by atoms with E-state index in [1.54, 1.807) is 0 Å². The Balaban J connectivity index is 2.33. The minimum atomic E-state index is 0.610. The van der Waals surface area contributed by atoms with Crippen LogP contribution in [0.1, 0.15) is 42.8 Å². The SMILES string of the molecule is CCC(C)C(C)NCCc1sc(C)nc1C. The summed E-state index contributed by atoms with van der Waals surface area (Å²) in [5.74, 6) is 0.754. The summed E-state index contributed by atoms with van der Waals surface area (Å²) >= 11 is 1.83. The lowest BCUT2D eigenvalue weighted by Gasteiger charge is -2.19. The van der Waals surface area contributed by atoms with Crippen molar-refractivity contribution in [3.63, 3.8) is 0 Å². The largest absolute Gasteiger partial charge is 0.314 e. The molecular weight excluding hydrogens is 216 g/mol. The smallest absolute Gasteiger partial charge is 0.0900 e.